The van der Waals surface area contributed by atoms with Gasteiger partial charge in [-0.3, -0.25) is 4.68 Å². The van der Waals surface area contributed by atoms with E-state index in [1.807, 2.05) is 17.9 Å². The molecular formula is C15H21BN2O2. The van der Waals surface area contributed by atoms with E-state index in [4.69, 9.17) is 9.31 Å². The lowest BCUT2D eigenvalue weighted by Gasteiger charge is -2.32. The van der Waals surface area contributed by atoms with Crippen LogP contribution in [-0.2, 0) is 16.4 Å². The lowest BCUT2D eigenvalue weighted by atomic mass is 9.76. The normalized spacial score (nSPS) is 20.8. The second-order valence-corrected chi connectivity index (χ2v) is 6.66. The van der Waals surface area contributed by atoms with Crippen LogP contribution in [0, 0.1) is 6.92 Å². The number of hydrogen-bond acceptors (Lipinski definition) is 3. The van der Waals surface area contributed by atoms with Crippen LogP contribution >= 0.6 is 0 Å². The van der Waals surface area contributed by atoms with Crippen LogP contribution in [0.15, 0.2) is 18.3 Å². The monoisotopic (exact) mass is 272 g/mol. The van der Waals surface area contributed by atoms with Crippen LogP contribution in [0.2, 0.25) is 0 Å². The Hall–Kier alpha value is -1.33. The van der Waals surface area contributed by atoms with E-state index in [-0.39, 0.29) is 18.3 Å². The fourth-order valence-corrected chi connectivity index (χ4v) is 2.55. The van der Waals surface area contributed by atoms with Gasteiger partial charge in [-0.1, -0.05) is 5.56 Å². The molecule has 0 aliphatic carbocycles. The summed E-state index contributed by atoms with van der Waals surface area (Å²) in [5.41, 5.74) is 2.58. The molecule has 1 saturated heterocycles. The molecule has 5 heteroatoms. The Morgan fingerprint density at radius 2 is 1.70 bits per heavy atom. The minimum Gasteiger partial charge on any atom is -0.399 e. The molecule has 3 rings (SSSR count). The third kappa shape index (κ3) is 1.96. The highest BCUT2D eigenvalue weighted by Crippen LogP contribution is 2.36. The Balaban J connectivity index is 2.05. The van der Waals surface area contributed by atoms with E-state index in [0.717, 1.165) is 16.4 Å². The molecule has 0 atom stereocenters. The highest BCUT2D eigenvalue weighted by molar-refractivity contribution is 6.63. The molecule has 20 heavy (non-hydrogen) atoms. The molecule has 2 aromatic rings. The van der Waals surface area contributed by atoms with Crippen LogP contribution in [0.4, 0.5) is 0 Å². The largest absolute Gasteiger partial charge is 0.495 e. The van der Waals surface area contributed by atoms with Crippen molar-refractivity contribution in [3.63, 3.8) is 0 Å². The lowest BCUT2D eigenvalue weighted by Crippen LogP contribution is -2.41. The molecule has 1 fully saturated rings. The van der Waals surface area contributed by atoms with E-state index in [0.29, 0.717) is 0 Å². The highest BCUT2D eigenvalue weighted by atomic mass is 16.7. The zero-order chi connectivity index (χ0) is 14.7. The topological polar surface area (TPSA) is 36.3 Å². The van der Waals surface area contributed by atoms with Crippen LogP contribution in [-0.4, -0.2) is 28.1 Å². The lowest BCUT2D eigenvalue weighted by molar-refractivity contribution is 0.00578. The van der Waals surface area contributed by atoms with Crippen molar-refractivity contribution in [1.82, 2.24) is 9.78 Å². The summed E-state index contributed by atoms with van der Waals surface area (Å²) in [5.74, 6) is 0. The Bertz CT molecular complexity index is 660. The second-order valence-electron chi connectivity index (χ2n) is 6.66. The van der Waals surface area contributed by atoms with E-state index >= 15 is 0 Å². The fraction of sp³-hybridized carbons (Fsp3) is 0.533. The maximum Gasteiger partial charge on any atom is 0.495 e. The van der Waals surface area contributed by atoms with Crippen molar-refractivity contribution in [2.45, 2.75) is 45.8 Å². The van der Waals surface area contributed by atoms with Crippen molar-refractivity contribution in [1.29, 1.82) is 0 Å². The van der Waals surface area contributed by atoms with Gasteiger partial charge in [0.2, 0.25) is 0 Å². The van der Waals surface area contributed by atoms with E-state index < -0.39 is 0 Å². The Morgan fingerprint density at radius 3 is 2.30 bits per heavy atom. The van der Waals surface area contributed by atoms with Crippen molar-refractivity contribution >= 4 is 23.5 Å². The minimum atomic E-state index is -0.327. The Morgan fingerprint density at radius 1 is 1.10 bits per heavy atom. The SMILES string of the molecule is Cc1cc2cn(C)nc2cc1B1OC(C)(C)C(C)(C)O1. The van der Waals surface area contributed by atoms with Gasteiger partial charge < -0.3 is 9.31 Å². The molecule has 0 spiro atoms. The first-order valence-corrected chi connectivity index (χ1v) is 6.99. The van der Waals surface area contributed by atoms with Crippen LogP contribution in [0.5, 0.6) is 0 Å². The summed E-state index contributed by atoms with van der Waals surface area (Å²) in [6, 6.07) is 4.22. The summed E-state index contributed by atoms with van der Waals surface area (Å²) >= 11 is 0. The van der Waals surface area contributed by atoms with E-state index in [9.17, 15) is 0 Å². The molecule has 0 N–H and O–H groups in total. The van der Waals surface area contributed by atoms with Gasteiger partial charge >= 0.3 is 7.12 Å². The fourth-order valence-electron chi connectivity index (χ4n) is 2.55. The Labute approximate surface area is 120 Å². The summed E-state index contributed by atoms with van der Waals surface area (Å²) in [7, 11) is 1.61. The molecule has 0 radical (unpaired) electrons. The summed E-state index contributed by atoms with van der Waals surface area (Å²) in [4.78, 5) is 0. The molecule has 1 aliphatic heterocycles. The van der Waals surface area contributed by atoms with Crippen LogP contribution in [0.1, 0.15) is 33.3 Å². The molecule has 2 heterocycles. The molecule has 0 amide bonds. The van der Waals surface area contributed by atoms with Gasteiger partial charge in [-0.25, -0.2) is 0 Å². The minimum absolute atomic E-state index is 0.316. The molecule has 1 aromatic carbocycles. The van der Waals surface area contributed by atoms with Crippen molar-refractivity contribution in [3.05, 3.63) is 23.9 Å². The van der Waals surface area contributed by atoms with Crippen molar-refractivity contribution in [2.75, 3.05) is 0 Å². The smallest absolute Gasteiger partial charge is 0.399 e. The average Bonchev–Trinajstić information content (AvgIpc) is 2.74. The predicted molar refractivity (Wildman–Crippen MR) is 81.2 cm³/mol. The number of aryl methyl sites for hydroxylation is 2. The van der Waals surface area contributed by atoms with Crippen LogP contribution < -0.4 is 5.46 Å². The number of benzene rings is 1. The number of fused-ring (bicyclic) bond motifs is 1. The molecule has 0 unspecified atom stereocenters. The quantitative estimate of drug-likeness (QED) is 0.746. The number of aromatic nitrogens is 2. The van der Waals surface area contributed by atoms with Gasteiger partial charge in [-0.2, -0.15) is 5.10 Å². The second kappa shape index (κ2) is 4.09. The summed E-state index contributed by atoms with van der Waals surface area (Å²) in [6.45, 7) is 10.4. The third-order valence-corrected chi connectivity index (χ3v) is 4.51. The maximum absolute atomic E-state index is 6.13. The van der Waals surface area contributed by atoms with E-state index in [2.05, 4.69) is 51.9 Å². The molecule has 0 saturated carbocycles. The van der Waals surface area contributed by atoms with Crippen LogP contribution in [0.3, 0.4) is 0 Å². The highest BCUT2D eigenvalue weighted by Gasteiger charge is 2.52. The van der Waals surface area contributed by atoms with Gasteiger partial charge in [0.05, 0.1) is 16.7 Å². The van der Waals surface area contributed by atoms with Crippen molar-refractivity contribution in [2.24, 2.45) is 7.05 Å². The van der Waals surface area contributed by atoms with Crippen molar-refractivity contribution < 1.29 is 9.31 Å². The summed E-state index contributed by atoms with van der Waals surface area (Å²) in [5, 5.41) is 5.61. The average molecular weight is 272 g/mol. The van der Waals surface area contributed by atoms with Gasteiger partial charge in [0, 0.05) is 18.6 Å². The predicted octanol–water partition coefficient (Wildman–Crippen LogP) is 2.18. The van der Waals surface area contributed by atoms with E-state index in [1.54, 1.807) is 0 Å². The van der Waals surface area contributed by atoms with Crippen molar-refractivity contribution in [3.8, 4) is 0 Å². The first-order valence-electron chi connectivity index (χ1n) is 6.99. The molecule has 1 aromatic heterocycles. The van der Waals surface area contributed by atoms with Gasteiger partial charge in [-0.15, -0.1) is 0 Å². The zero-order valence-corrected chi connectivity index (χ0v) is 13.0. The molecular weight excluding hydrogens is 251 g/mol. The van der Waals surface area contributed by atoms with Gasteiger partial charge in [0.15, 0.2) is 0 Å². The summed E-state index contributed by atoms with van der Waals surface area (Å²) < 4.78 is 14.1. The third-order valence-electron chi connectivity index (χ3n) is 4.51. The maximum atomic E-state index is 6.13. The van der Waals surface area contributed by atoms with E-state index in [1.165, 1.54) is 5.56 Å². The van der Waals surface area contributed by atoms with Crippen LogP contribution in [0.25, 0.3) is 10.9 Å². The Kier molecular flexibility index (Phi) is 2.79. The molecule has 106 valence electrons. The van der Waals surface area contributed by atoms with Gasteiger partial charge in [0.25, 0.3) is 0 Å². The molecule has 4 nitrogen and oxygen atoms in total. The number of rotatable bonds is 1. The molecule has 0 bridgehead atoms. The molecule has 1 aliphatic rings. The number of hydrogen-bond donors (Lipinski definition) is 0. The number of nitrogens with zero attached hydrogens (tertiary/aromatic N) is 2. The summed E-state index contributed by atoms with van der Waals surface area (Å²) in [6.07, 6.45) is 2.02. The van der Waals surface area contributed by atoms with Gasteiger partial charge in [0.1, 0.15) is 0 Å². The standard InChI is InChI=1S/C15H21BN2O2/c1-10-7-11-9-18(6)17-13(11)8-12(10)16-19-14(2,3)15(4,5)20-16/h7-9H,1-6H3. The first kappa shape index (κ1) is 13.6. The first-order chi connectivity index (χ1) is 9.19. The zero-order valence-electron chi connectivity index (χ0n) is 13.0. The van der Waals surface area contributed by atoms with Gasteiger partial charge in [-0.05, 0) is 52.2 Å².